The number of ether oxygens (including phenoxy) is 3. The number of amides is 1. The van der Waals surface area contributed by atoms with Gasteiger partial charge in [0.2, 0.25) is 5.43 Å². The van der Waals surface area contributed by atoms with Gasteiger partial charge in [0.05, 0.1) is 25.5 Å². The Balaban J connectivity index is 1.66. The summed E-state index contributed by atoms with van der Waals surface area (Å²) in [7, 11) is 1.55. The zero-order valence-corrected chi connectivity index (χ0v) is 18.2. The van der Waals surface area contributed by atoms with Gasteiger partial charge in [-0.2, -0.15) is 5.10 Å². The van der Waals surface area contributed by atoms with E-state index in [1.54, 1.807) is 31.4 Å². The summed E-state index contributed by atoms with van der Waals surface area (Å²) in [5, 5.41) is 6.70. The maximum Gasteiger partial charge on any atom is 0.411 e. The largest absolute Gasteiger partial charge is 0.447 e. The molecule has 0 saturated carbocycles. The van der Waals surface area contributed by atoms with Crippen molar-refractivity contribution in [2.75, 3.05) is 38.9 Å². The minimum absolute atomic E-state index is 0.0628. The predicted octanol–water partition coefficient (Wildman–Crippen LogP) is 3.45. The van der Waals surface area contributed by atoms with Gasteiger partial charge in [-0.05, 0) is 17.7 Å². The van der Waals surface area contributed by atoms with Crippen molar-refractivity contribution in [3.05, 3.63) is 87.6 Å². The highest BCUT2D eigenvalue weighted by molar-refractivity contribution is 5.84. The van der Waals surface area contributed by atoms with Crippen LogP contribution in [-0.4, -0.2) is 49.4 Å². The second-order valence-electron chi connectivity index (χ2n) is 7.04. The third-order valence-corrected chi connectivity index (χ3v) is 4.55. The van der Waals surface area contributed by atoms with Gasteiger partial charge in [-0.3, -0.25) is 10.1 Å². The normalized spacial score (nSPS) is 10.8. The van der Waals surface area contributed by atoms with E-state index in [0.717, 1.165) is 16.8 Å². The molecular formula is C23H22F3N3O5. The number of anilines is 1. The molecule has 1 aromatic heterocycles. The number of carbonyl (C=O) groups is 1. The van der Waals surface area contributed by atoms with Crippen LogP contribution in [0.25, 0.3) is 5.69 Å². The molecule has 2 aromatic carbocycles. The van der Waals surface area contributed by atoms with Crippen molar-refractivity contribution in [1.29, 1.82) is 0 Å². The second-order valence-corrected chi connectivity index (χ2v) is 7.04. The smallest absolute Gasteiger partial charge is 0.411 e. The summed E-state index contributed by atoms with van der Waals surface area (Å²) in [5.74, 6) is -4.33. The van der Waals surface area contributed by atoms with Crippen molar-refractivity contribution >= 4 is 11.8 Å². The lowest BCUT2D eigenvalue weighted by atomic mass is 10.1. The second kappa shape index (κ2) is 12.0. The summed E-state index contributed by atoms with van der Waals surface area (Å²) in [5.41, 5.74) is 0.675. The van der Waals surface area contributed by atoms with E-state index in [-0.39, 0.29) is 31.0 Å². The maximum atomic E-state index is 13.6. The molecule has 0 saturated heterocycles. The molecule has 1 N–H and O–H groups in total. The molecule has 11 heteroatoms. The molecule has 8 nitrogen and oxygen atoms in total. The minimum Gasteiger partial charge on any atom is -0.447 e. The van der Waals surface area contributed by atoms with Crippen molar-refractivity contribution in [2.24, 2.45) is 0 Å². The lowest BCUT2D eigenvalue weighted by molar-refractivity contribution is 0.0447. The van der Waals surface area contributed by atoms with Crippen LogP contribution in [0.2, 0.25) is 0 Å². The van der Waals surface area contributed by atoms with Crippen LogP contribution in [0.3, 0.4) is 0 Å². The van der Waals surface area contributed by atoms with Crippen LogP contribution >= 0.6 is 0 Å². The maximum absolute atomic E-state index is 13.6. The van der Waals surface area contributed by atoms with Crippen molar-refractivity contribution in [2.45, 2.75) is 6.42 Å². The van der Waals surface area contributed by atoms with Crippen LogP contribution < -0.4 is 10.7 Å². The number of benzene rings is 2. The van der Waals surface area contributed by atoms with E-state index >= 15 is 0 Å². The van der Waals surface area contributed by atoms with Crippen LogP contribution in [-0.2, 0) is 20.6 Å². The van der Waals surface area contributed by atoms with Crippen LogP contribution in [0.4, 0.5) is 23.7 Å². The summed E-state index contributed by atoms with van der Waals surface area (Å²) in [6, 6.07) is 9.40. The van der Waals surface area contributed by atoms with Crippen LogP contribution in [0.15, 0.2) is 53.5 Å². The molecule has 0 radical (unpaired) electrons. The first-order valence-corrected chi connectivity index (χ1v) is 10.2. The zero-order valence-electron chi connectivity index (χ0n) is 18.2. The summed E-state index contributed by atoms with van der Waals surface area (Å²) in [6.07, 6.45) is 0.627. The molecule has 3 rings (SSSR count). The molecule has 0 unspecified atom stereocenters. The van der Waals surface area contributed by atoms with Crippen molar-refractivity contribution in [3.8, 4) is 5.69 Å². The first-order chi connectivity index (χ1) is 16.4. The van der Waals surface area contributed by atoms with E-state index in [1.807, 2.05) is 0 Å². The molecule has 180 valence electrons. The van der Waals surface area contributed by atoms with Crippen LogP contribution in [0.1, 0.15) is 11.3 Å². The minimum atomic E-state index is -1.59. The number of nitrogens with one attached hydrogen (secondary N) is 1. The molecule has 0 aliphatic heterocycles. The van der Waals surface area contributed by atoms with Crippen molar-refractivity contribution in [3.63, 3.8) is 0 Å². The third kappa shape index (κ3) is 6.90. The number of carbonyl (C=O) groups excluding carboxylic acids is 1. The van der Waals surface area contributed by atoms with Gasteiger partial charge < -0.3 is 14.2 Å². The summed E-state index contributed by atoms with van der Waals surface area (Å²) in [6.45, 7) is 1.12. The SMILES string of the molecule is COCCOCCOC(=O)Nc1cccc(Cc2nn(-c3cc(F)c(F)c(F)c3)ccc2=O)c1. The fourth-order valence-corrected chi connectivity index (χ4v) is 2.93. The number of hydrogen-bond acceptors (Lipinski definition) is 6. The fourth-order valence-electron chi connectivity index (χ4n) is 2.93. The quantitative estimate of drug-likeness (QED) is 0.355. The monoisotopic (exact) mass is 477 g/mol. The Labute approximate surface area is 192 Å². The van der Waals surface area contributed by atoms with Gasteiger partial charge in [-0.25, -0.2) is 22.6 Å². The Hall–Kier alpha value is -3.70. The van der Waals surface area contributed by atoms with Gasteiger partial charge in [-0.1, -0.05) is 12.1 Å². The van der Waals surface area contributed by atoms with E-state index in [2.05, 4.69) is 10.4 Å². The first kappa shape index (κ1) is 24.9. The Morgan fingerprint density at radius 3 is 2.50 bits per heavy atom. The topological polar surface area (TPSA) is 91.7 Å². The predicted molar refractivity (Wildman–Crippen MR) is 117 cm³/mol. The van der Waals surface area contributed by atoms with E-state index in [4.69, 9.17) is 14.2 Å². The number of halogens is 3. The number of rotatable bonds is 10. The highest BCUT2D eigenvalue weighted by Gasteiger charge is 2.13. The van der Waals surface area contributed by atoms with E-state index in [0.29, 0.717) is 24.5 Å². The standard InChI is InChI=1S/C23H22F3N3O5/c1-32-7-8-33-9-10-34-23(31)27-16-4-2-3-15(11-16)12-20-21(30)5-6-29(28-20)17-13-18(24)22(26)19(25)14-17/h2-6,11,13-14H,7-10,12H2,1H3,(H,27,31). The lowest BCUT2D eigenvalue weighted by Crippen LogP contribution is -2.18. The Morgan fingerprint density at radius 1 is 1.03 bits per heavy atom. The van der Waals surface area contributed by atoms with E-state index in [1.165, 1.54) is 12.3 Å². The highest BCUT2D eigenvalue weighted by atomic mass is 19.2. The summed E-state index contributed by atoms with van der Waals surface area (Å²) >= 11 is 0. The zero-order chi connectivity index (χ0) is 24.5. The van der Waals surface area contributed by atoms with Gasteiger partial charge >= 0.3 is 6.09 Å². The van der Waals surface area contributed by atoms with E-state index < -0.39 is 29.0 Å². The number of nitrogens with zero attached hydrogens (tertiary/aromatic N) is 2. The molecular weight excluding hydrogens is 455 g/mol. The van der Waals surface area contributed by atoms with Gasteiger partial charge in [0.1, 0.15) is 12.3 Å². The van der Waals surface area contributed by atoms with Crippen molar-refractivity contribution in [1.82, 2.24) is 9.78 Å². The van der Waals surface area contributed by atoms with Crippen LogP contribution in [0.5, 0.6) is 0 Å². The Kier molecular flexibility index (Phi) is 8.77. The first-order valence-electron chi connectivity index (χ1n) is 10.2. The Morgan fingerprint density at radius 2 is 1.76 bits per heavy atom. The average molecular weight is 477 g/mol. The fraction of sp³-hybridized carbons (Fsp3) is 0.261. The lowest BCUT2D eigenvalue weighted by Gasteiger charge is -2.10. The highest BCUT2D eigenvalue weighted by Crippen LogP contribution is 2.17. The molecule has 1 amide bonds. The molecule has 0 fully saturated rings. The third-order valence-electron chi connectivity index (χ3n) is 4.55. The van der Waals surface area contributed by atoms with Gasteiger partial charge in [0.25, 0.3) is 0 Å². The molecule has 0 aliphatic carbocycles. The Bertz CT molecular complexity index is 1180. The van der Waals surface area contributed by atoms with E-state index in [9.17, 15) is 22.8 Å². The molecule has 0 spiro atoms. The van der Waals surface area contributed by atoms with Gasteiger partial charge in [0, 0.05) is 43.6 Å². The molecule has 0 aliphatic rings. The molecule has 1 heterocycles. The number of hydrogen-bond donors (Lipinski definition) is 1. The van der Waals surface area contributed by atoms with Crippen LogP contribution in [0, 0.1) is 17.5 Å². The number of methoxy groups -OCH3 is 1. The average Bonchev–Trinajstić information content (AvgIpc) is 2.81. The van der Waals surface area contributed by atoms with Gasteiger partial charge in [-0.15, -0.1) is 0 Å². The van der Waals surface area contributed by atoms with Crippen molar-refractivity contribution < 1.29 is 32.2 Å². The summed E-state index contributed by atoms with van der Waals surface area (Å²) < 4.78 is 56.5. The van der Waals surface area contributed by atoms with Gasteiger partial charge in [0.15, 0.2) is 17.5 Å². The molecule has 0 bridgehead atoms. The molecule has 0 atom stereocenters. The number of aromatic nitrogens is 2. The molecule has 34 heavy (non-hydrogen) atoms. The molecule has 3 aromatic rings. The summed E-state index contributed by atoms with van der Waals surface area (Å²) in [4.78, 5) is 24.2.